The fourth-order valence-electron chi connectivity index (χ4n) is 2.62. The van der Waals surface area contributed by atoms with Gasteiger partial charge in [-0.2, -0.15) is 0 Å². The smallest absolute Gasteiger partial charge is 0.154 e. The summed E-state index contributed by atoms with van der Waals surface area (Å²) in [6, 6.07) is 4.11. The SMILES string of the molecule is COC(C)(C)Cc1nnc2n1CCNC2c1ccncc1. The molecule has 0 radical (unpaired) electrons. The van der Waals surface area contributed by atoms with Gasteiger partial charge in [0.25, 0.3) is 0 Å². The number of hydrogen-bond acceptors (Lipinski definition) is 5. The Hall–Kier alpha value is -1.79. The van der Waals surface area contributed by atoms with Crippen LogP contribution < -0.4 is 5.32 Å². The largest absolute Gasteiger partial charge is 0.378 e. The first kappa shape index (κ1) is 14.2. The third kappa shape index (κ3) is 2.82. The number of fused-ring (bicyclic) bond motifs is 1. The molecule has 0 aromatic carbocycles. The van der Waals surface area contributed by atoms with Crippen molar-refractivity contribution in [2.45, 2.75) is 38.5 Å². The first-order valence-corrected chi connectivity index (χ1v) is 7.21. The number of methoxy groups -OCH3 is 1. The number of rotatable bonds is 4. The molecule has 21 heavy (non-hydrogen) atoms. The Labute approximate surface area is 124 Å². The highest BCUT2D eigenvalue weighted by Gasteiger charge is 2.28. The number of nitrogens with zero attached hydrogens (tertiary/aromatic N) is 4. The van der Waals surface area contributed by atoms with Gasteiger partial charge in [0.1, 0.15) is 5.82 Å². The molecule has 3 heterocycles. The van der Waals surface area contributed by atoms with Crippen molar-refractivity contribution >= 4 is 0 Å². The van der Waals surface area contributed by atoms with Crippen LogP contribution in [0.15, 0.2) is 24.5 Å². The molecule has 0 fully saturated rings. The molecule has 1 unspecified atom stereocenters. The van der Waals surface area contributed by atoms with Crippen LogP contribution in [0.5, 0.6) is 0 Å². The highest BCUT2D eigenvalue weighted by molar-refractivity contribution is 5.24. The first-order valence-electron chi connectivity index (χ1n) is 7.21. The Morgan fingerprint density at radius 2 is 2.10 bits per heavy atom. The van der Waals surface area contributed by atoms with Crippen molar-refractivity contribution in [1.29, 1.82) is 0 Å². The molecule has 3 rings (SSSR count). The molecule has 2 aromatic heterocycles. The topological polar surface area (TPSA) is 64.9 Å². The minimum Gasteiger partial charge on any atom is -0.378 e. The molecular weight excluding hydrogens is 266 g/mol. The summed E-state index contributed by atoms with van der Waals surface area (Å²) in [7, 11) is 1.73. The van der Waals surface area contributed by atoms with Crippen LogP contribution in [-0.2, 0) is 17.7 Å². The van der Waals surface area contributed by atoms with Crippen LogP contribution in [0.25, 0.3) is 0 Å². The second-order valence-electron chi connectivity index (χ2n) is 5.93. The second kappa shape index (κ2) is 5.54. The van der Waals surface area contributed by atoms with Crippen LogP contribution in [0.2, 0.25) is 0 Å². The van der Waals surface area contributed by atoms with E-state index in [4.69, 9.17) is 4.74 Å². The second-order valence-corrected chi connectivity index (χ2v) is 5.93. The quantitative estimate of drug-likeness (QED) is 0.919. The summed E-state index contributed by atoms with van der Waals surface area (Å²) >= 11 is 0. The molecular formula is C15H21N5O. The zero-order valence-corrected chi connectivity index (χ0v) is 12.7. The van der Waals surface area contributed by atoms with Crippen molar-refractivity contribution in [3.63, 3.8) is 0 Å². The molecule has 0 saturated heterocycles. The number of aromatic nitrogens is 4. The molecule has 0 bridgehead atoms. The predicted octanol–water partition coefficient (Wildman–Crippen LogP) is 1.33. The minimum atomic E-state index is -0.235. The molecule has 112 valence electrons. The van der Waals surface area contributed by atoms with E-state index in [-0.39, 0.29) is 11.6 Å². The summed E-state index contributed by atoms with van der Waals surface area (Å²) in [4.78, 5) is 4.07. The van der Waals surface area contributed by atoms with Gasteiger partial charge in [-0.05, 0) is 31.5 Å². The summed E-state index contributed by atoms with van der Waals surface area (Å²) in [5, 5.41) is 12.3. The molecule has 0 amide bonds. The van der Waals surface area contributed by atoms with E-state index in [0.717, 1.165) is 36.7 Å². The van der Waals surface area contributed by atoms with Gasteiger partial charge in [0.2, 0.25) is 0 Å². The average molecular weight is 287 g/mol. The van der Waals surface area contributed by atoms with E-state index in [9.17, 15) is 0 Å². The number of ether oxygens (including phenoxy) is 1. The van der Waals surface area contributed by atoms with Gasteiger partial charge in [-0.15, -0.1) is 10.2 Å². The lowest BCUT2D eigenvalue weighted by atomic mass is 10.0. The van der Waals surface area contributed by atoms with Crippen LogP contribution in [0, 0.1) is 0 Å². The van der Waals surface area contributed by atoms with Crippen LogP contribution in [0.4, 0.5) is 0 Å². The highest BCUT2D eigenvalue weighted by Crippen LogP contribution is 2.25. The molecule has 0 aliphatic carbocycles. The van der Waals surface area contributed by atoms with Gasteiger partial charge in [-0.3, -0.25) is 4.98 Å². The molecule has 1 atom stereocenters. The maximum atomic E-state index is 5.51. The Bertz CT molecular complexity index is 608. The molecule has 1 aliphatic rings. The predicted molar refractivity (Wildman–Crippen MR) is 78.9 cm³/mol. The van der Waals surface area contributed by atoms with E-state index in [1.54, 1.807) is 19.5 Å². The first-order chi connectivity index (χ1) is 10.1. The lowest BCUT2D eigenvalue weighted by molar-refractivity contribution is 0.0207. The number of nitrogens with one attached hydrogen (secondary N) is 1. The van der Waals surface area contributed by atoms with E-state index in [1.165, 1.54) is 0 Å². The van der Waals surface area contributed by atoms with E-state index >= 15 is 0 Å². The fourth-order valence-corrected chi connectivity index (χ4v) is 2.62. The summed E-state index contributed by atoms with van der Waals surface area (Å²) in [6.07, 6.45) is 4.36. The highest BCUT2D eigenvalue weighted by atomic mass is 16.5. The molecule has 1 aliphatic heterocycles. The summed E-state index contributed by atoms with van der Waals surface area (Å²) in [5.74, 6) is 1.95. The molecule has 0 saturated carbocycles. The van der Waals surface area contributed by atoms with Gasteiger partial charge in [0, 0.05) is 39.0 Å². The third-order valence-electron chi connectivity index (χ3n) is 3.97. The van der Waals surface area contributed by atoms with Gasteiger partial charge < -0.3 is 14.6 Å². The van der Waals surface area contributed by atoms with Crippen molar-refractivity contribution in [1.82, 2.24) is 25.1 Å². The monoisotopic (exact) mass is 287 g/mol. The van der Waals surface area contributed by atoms with E-state index < -0.39 is 0 Å². The number of hydrogen-bond donors (Lipinski definition) is 1. The van der Waals surface area contributed by atoms with Crippen LogP contribution in [0.3, 0.4) is 0 Å². The molecule has 2 aromatic rings. The van der Waals surface area contributed by atoms with E-state index in [0.29, 0.717) is 0 Å². The van der Waals surface area contributed by atoms with Crippen LogP contribution in [-0.4, -0.2) is 39.0 Å². The zero-order valence-electron chi connectivity index (χ0n) is 12.7. The van der Waals surface area contributed by atoms with E-state index in [1.807, 2.05) is 12.1 Å². The lowest BCUT2D eigenvalue weighted by Gasteiger charge is -2.27. The molecule has 0 spiro atoms. The van der Waals surface area contributed by atoms with Gasteiger partial charge >= 0.3 is 0 Å². The van der Waals surface area contributed by atoms with Crippen LogP contribution in [0.1, 0.15) is 37.1 Å². The van der Waals surface area contributed by atoms with Crippen molar-refractivity contribution in [2.75, 3.05) is 13.7 Å². The summed E-state index contributed by atoms with van der Waals surface area (Å²) in [5.41, 5.74) is 0.928. The zero-order chi connectivity index (χ0) is 14.9. The lowest BCUT2D eigenvalue weighted by Crippen LogP contribution is -2.36. The summed E-state index contributed by atoms with van der Waals surface area (Å²) in [6.45, 7) is 5.92. The van der Waals surface area contributed by atoms with Gasteiger partial charge in [-0.25, -0.2) is 0 Å². The molecule has 1 N–H and O–H groups in total. The number of pyridine rings is 1. The Morgan fingerprint density at radius 3 is 2.81 bits per heavy atom. The Kier molecular flexibility index (Phi) is 3.73. The van der Waals surface area contributed by atoms with E-state index in [2.05, 4.69) is 38.9 Å². The standard InChI is InChI=1S/C15H21N5O/c1-15(2,21-3)10-12-18-19-14-13(17-8-9-20(12)14)11-4-6-16-7-5-11/h4-7,13,17H,8-10H2,1-3H3. The van der Waals surface area contributed by atoms with Gasteiger partial charge in [0.05, 0.1) is 11.6 Å². The van der Waals surface area contributed by atoms with Crippen LogP contribution >= 0.6 is 0 Å². The fraction of sp³-hybridized carbons (Fsp3) is 0.533. The van der Waals surface area contributed by atoms with Gasteiger partial charge in [0.15, 0.2) is 5.82 Å². The minimum absolute atomic E-state index is 0.0775. The maximum absolute atomic E-state index is 5.51. The molecule has 6 nitrogen and oxygen atoms in total. The maximum Gasteiger partial charge on any atom is 0.154 e. The Morgan fingerprint density at radius 1 is 1.33 bits per heavy atom. The van der Waals surface area contributed by atoms with Crippen molar-refractivity contribution in [3.05, 3.63) is 41.7 Å². The van der Waals surface area contributed by atoms with Gasteiger partial charge in [-0.1, -0.05) is 0 Å². The van der Waals surface area contributed by atoms with Crippen molar-refractivity contribution in [3.8, 4) is 0 Å². The molecule has 6 heteroatoms. The van der Waals surface area contributed by atoms with Crippen molar-refractivity contribution < 1.29 is 4.74 Å². The Balaban J connectivity index is 1.92. The van der Waals surface area contributed by atoms with Crippen molar-refractivity contribution in [2.24, 2.45) is 0 Å². The normalized spacial score (nSPS) is 18.5. The average Bonchev–Trinajstić information content (AvgIpc) is 2.91. The summed E-state index contributed by atoms with van der Waals surface area (Å²) < 4.78 is 7.72. The third-order valence-corrected chi connectivity index (χ3v) is 3.97.